The monoisotopic (exact) mass is 401 g/mol. The zero-order valence-electron chi connectivity index (χ0n) is 16.3. The standard InChI is InChI=1S/C23H19N3O4/c1-25-21-19(24-20(30-21)9-5-8-16-6-3-2-4-7-16)15-26(23(25)29)14-17-10-12-18(13-11-17)22(27)28/h2-4,6-7,10-13H,8,14-15H2,1H3,(H,27,28). The third-order valence-corrected chi connectivity index (χ3v) is 4.78. The lowest BCUT2D eigenvalue weighted by Gasteiger charge is -2.31. The van der Waals surface area contributed by atoms with Crippen molar-refractivity contribution in [3.05, 3.63) is 82.9 Å². The first-order valence-corrected chi connectivity index (χ1v) is 9.38. The lowest BCUT2D eigenvalue weighted by atomic mass is 10.1. The Morgan fingerprint density at radius 3 is 2.57 bits per heavy atom. The Morgan fingerprint density at radius 1 is 1.13 bits per heavy atom. The molecule has 7 nitrogen and oxygen atoms in total. The van der Waals surface area contributed by atoms with Crippen LogP contribution in [0.3, 0.4) is 0 Å². The second-order valence-electron chi connectivity index (χ2n) is 6.93. The Bertz CT molecular complexity index is 1140. The van der Waals surface area contributed by atoms with E-state index in [9.17, 15) is 9.59 Å². The van der Waals surface area contributed by atoms with Crippen LogP contribution in [0.4, 0.5) is 10.7 Å². The van der Waals surface area contributed by atoms with Gasteiger partial charge in [0.05, 0.1) is 12.1 Å². The van der Waals surface area contributed by atoms with Crippen molar-refractivity contribution in [3.8, 4) is 11.8 Å². The summed E-state index contributed by atoms with van der Waals surface area (Å²) in [6, 6.07) is 16.1. The van der Waals surface area contributed by atoms with Crippen LogP contribution in [-0.4, -0.2) is 34.0 Å². The third-order valence-electron chi connectivity index (χ3n) is 4.78. The van der Waals surface area contributed by atoms with E-state index < -0.39 is 5.97 Å². The fraction of sp³-hybridized carbons (Fsp3) is 0.174. The smallest absolute Gasteiger partial charge is 0.335 e. The molecule has 3 aromatic rings. The van der Waals surface area contributed by atoms with Crippen LogP contribution in [0.5, 0.6) is 0 Å². The van der Waals surface area contributed by atoms with Crippen molar-refractivity contribution in [3.63, 3.8) is 0 Å². The maximum atomic E-state index is 12.7. The fourth-order valence-electron chi connectivity index (χ4n) is 3.22. The Kier molecular flexibility index (Phi) is 5.22. The molecule has 0 fully saturated rings. The molecule has 2 heterocycles. The molecular formula is C23H19N3O4. The van der Waals surface area contributed by atoms with E-state index >= 15 is 0 Å². The van der Waals surface area contributed by atoms with E-state index in [0.717, 1.165) is 11.1 Å². The summed E-state index contributed by atoms with van der Waals surface area (Å²) in [5, 5.41) is 9.01. The summed E-state index contributed by atoms with van der Waals surface area (Å²) < 4.78 is 5.70. The third kappa shape index (κ3) is 4.03. The van der Waals surface area contributed by atoms with Gasteiger partial charge in [0.1, 0.15) is 5.69 Å². The predicted molar refractivity (Wildman–Crippen MR) is 110 cm³/mol. The largest absolute Gasteiger partial charge is 0.478 e. The summed E-state index contributed by atoms with van der Waals surface area (Å²) in [5.41, 5.74) is 2.78. The number of benzene rings is 2. The van der Waals surface area contributed by atoms with Gasteiger partial charge in [-0.25, -0.2) is 14.6 Å². The van der Waals surface area contributed by atoms with Crippen molar-refractivity contribution in [2.75, 3.05) is 11.9 Å². The van der Waals surface area contributed by atoms with Gasteiger partial charge in [-0.1, -0.05) is 48.4 Å². The SMILES string of the molecule is CN1C(=O)N(Cc2ccc(C(=O)O)cc2)Cc2nc(C#CCc3ccccc3)oc21. The number of carbonyl (C=O) groups is 2. The molecule has 4 rings (SSSR count). The molecule has 2 aromatic carbocycles. The average Bonchev–Trinajstić information content (AvgIpc) is 3.16. The summed E-state index contributed by atoms with van der Waals surface area (Å²) >= 11 is 0. The van der Waals surface area contributed by atoms with Gasteiger partial charge >= 0.3 is 12.0 Å². The molecule has 0 spiro atoms. The van der Waals surface area contributed by atoms with Crippen molar-refractivity contribution in [1.82, 2.24) is 9.88 Å². The number of carboxylic acid groups (broad SMARTS) is 1. The quantitative estimate of drug-likeness (QED) is 0.676. The van der Waals surface area contributed by atoms with Crippen LogP contribution in [0.25, 0.3) is 0 Å². The van der Waals surface area contributed by atoms with Crippen LogP contribution in [0.15, 0.2) is 59.0 Å². The van der Waals surface area contributed by atoms with Crippen molar-refractivity contribution in [1.29, 1.82) is 0 Å². The first-order chi connectivity index (χ1) is 14.5. The number of carbonyl (C=O) groups excluding carboxylic acids is 1. The van der Waals surface area contributed by atoms with Crippen LogP contribution in [-0.2, 0) is 19.5 Å². The van der Waals surface area contributed by atoms with E-state index in [4.69, 9.17) is 9.52 Å². The summed E-state index contributed by atoms with van der Waals surface area (Å²) in [6.45, 7) is 0.632. The molecule has 1 aromatic heterocycles. The van der Waals surface area contributed by atoms with Crippen LogP contribution in [0.1, 0.15) is 33.1 Å². The maximum absolute atomic E-state index is 12.7. The molecule has 150 valence electrons. The van der Waals surface area contributed by atoms with Crippen molar-refractivity contribution < 1.29 is 19.1 Å². The van der Waals surface area contributed by atoms with Gasteiger partial charge in [-0.3, -0.25) is 4.90 Å². The molecule has 0 saturated heterocycles. The topological polar surface area (TPSA) is 86.9 Å². The van der Waals surface area contributed by atoms with E-state index in [1.165, 1.54) is 17.0 Å². The minimum Gasteiger partial charge on any atom is -0.478 e. The summed E-state index contributed by atoms with van der Waals surface area (Å²) in [7, 11) is 1.63. The average molecular weight is 401 g/mol. The number of hydrogen-bond acceptors (Lipinski definition) is 4. The second-order valence-corrected chi connectivity index (χ2v) is 6.93. The van der Waals surface area contributed by atoms with E-state index in [1.807, 2.05) is 30.3 Å². The molecule has 0 radical (unpaired) electrons. The number of amides is 2. The van der Waals surface area contributed by atoms with Gasteiger partial charge in [0.2, 0.25) is 5.88 Å². The first kappa shape index (κ1) is 19.3. The molecule has 0 saturated carbocycles. The van der Waals surface area contributed by atoms with E-state index in [0.29, 0.717) is 31.1 Å². The van der Waals surface area contributed by atoms with Gasteiger partial charge in [0.25, 0.3) is 5.89 Å². The van der Waals surface area contributed by atoms with Crippen molar-refractivity contribution >= 4 is 17.9 Å². The van der Waals surface area contributed by atoms with E-state index in [2.05, 4.69) is 16.8 Å². The molecular weight excluding hydrogens is 382 g/mol. The van der Waals surface area contributed by atoms with Gasteiger partial charge in [-0.15, -0.1) is 0 Å². The predicted octanol–water partition coefficient (Wildman–Crippen LogP) is 3.54. The Balaban J connectivity index is 1.48. The minimum absolute atomic E-state index is 0.207. The molecule has 0 bridgehead atoms. The van der Waals surface area contributed by atoms with Gasteiger partial charge in [0.15, 0.2) is 0 Å². The number of nitrogens with zero attached hydrogens (tertiary/aromatic N) is 3. The summed E-state index contributed by atoms with van der Waals surface area (Å²) in [4.78, 5) is 31.2. The highest BCUT2D eigenvalue weighted by Crippen LogP contribution is 2.29. The minimum atomic E-state index is -0.983. The number of carboxylic acids is 1. The fourth-order valence-corrected chi connectivity index (χ4v) is 3.22. The highest BCUT2D eigenvalue weighted by Gasteiger charge is 2.32. The molecule has 1 N–H and O–H groups in total. The van der Waals surface area contributed by atoms with E-state index in [-0.39, 0.29) is 17.5 Å². The Labute approximate surface area is 173 Å². The lowest BCUT2D eigenvalue weighted by molar-refractivity contribution is 0.0696. The Hall–Kier alpha value is -4.05. The Morgan fingerprint density at radius 2 is 1.87 bits per heavy atom. The number of urea groups is 1. The zero-order chi connectivity index (χ0) is 21.1. The van der Waals surface area contributed by atoms with Crippen LogP contribution in [0.2, 0.25) is 0 Å². The number of aromatic carboxylic acids is 1. The number of hydrogen-bond donors (Lipinski definition) is 1. The number of fused-ring (bicyclic) bond motifs is 1. The van der Waals surface area contributed by atoms with E-state index in [1.54, 1.807) is 24.1 Å². The molecule has 0 aliphatic carbocycles. The molecule has 0 atom stereocenters. The van der Waals surface area contributed by atoms with Crippen LogP contribution >= 0.6 is 0 Å². The van der Waals surface area contributed by atoms with Gasteiger partial charge in [0, 0.05) is 20.0 Å². The second kappa shape index (κ2) is 8.13. The molecule has 0 unspecified atom stereocenters. The number of aromatic nitrogens is 1. The molecule has 7 heteroatoms. The van der Waals surface area contributed by atoms with Crippen LogP contribution < -0.4 is 4.90 Å². The van der Waals surface area contributed by atoms with Crippen LogP contribution in [0, 0.1) is 11.8 Å². The molecule has 1 aliphatic heterocycles. The number of anilines is 1. The summed E-state index contributed by atoms with van der Waals surface area (Å²) in [5.74, 6) is 5.68. The highest BCUT2D eigenvalue weighted by molar-refractivity contribution is 5.92. The normalized spacial score (nSPS) is 12.9. The highest BCUT2D eigenvalue weighted by atomic mass is 16.4. The maximum Gasteiger partial charge on any atom is 0.335 e. The molecule has 1 aliphatic rings. The van der Waals surface area contributed by atoms with Gasteiger partial charge in [-0.2, -0.15) is 0 Å². The number of oxazole rings is 1. The molecule has 30 heavy (non-hydrogen) atoms. The number of rotatable bonds is 4. The van der Waals surface area contributed by atoms with Crippen molar-refractivity contribution in [2.45, 2.75) is 19.5 Å². The summed E-state index contributed by atoms with van der Waals surface area (Å²) in [6.07, 6.45) is 0.584. The lowest BCUT2D eigenvalue weighted by Crippen LogP contribution is -2.44. The molecule has 2 amide bonds. The first-order valence-electron chi connectivity index (χ1n) is 9.38. The van der Waals surface area contributed by atoms with Crippen molar-refractivity contribution in [2.24, 2.45) is 0 Å². The zero-order valence-corrected chi connectivity index (χ0v) is 16.3. The van der Waals surface area contributed by atoms with Gasteiger partial charge < -0.3 is 14.4 Å². The van der Waals surface area contributed by atoms with Gasteiger partial charge in [-0.05, 0) is 29.2 Å².